The fourth-order valence-electron chi connectivity index (χ4n) is 2.88. The van der Waals surface area contributed by atoms with E-state index in [1.54, 1.807) is 6.92 Å². The fourth-order valence-corrected chi connectivity index (χ4v) is 2.88. The Hall–Kier alpha value is -1.43. The molecule has 1 atom stereocenters. The summed E-state index contributed by atoms with van der Waals surface area (Å²) in [5.74, 6) is -1.15. The van der Waals surface area contributed by atoms with Gasteiger partial charge < -0.3 is 10.5 Å². The van der Waals surface area contributed by atoms with Crippen molar-refractivity contribution >= 4 is 17.8 Å². The summed E-state index contributed by atoms with van der Waals surface area (Å²) in [4.78, 5) is 34.8. The maximum Gasteiger partial charge on any atom is 0.322 e. The van der Waals surface area contributed by atoms with Crippen LogP contribution in [-0.2, 0) is 19.1 Å². The number of carbonyl (C=O) groups excluding carboxylic acids is 3. The summed E-state index contributed by atoms with van der Waals surface area (Å²) in [5, 5.41) is 2.36. The molecule has 0 bridgehead atoms. The minimum absolute atomic E-state index is 0.0456. The number of hydrogen-bond donors (Lipinski definition) is 2. The monoisotopic (exact) mass is 384 g/mol. The standard InChI is InChI=1S/C21H40N2O4/c1-3-5-6-7-8-9-10-11-12-13-14-15-19(24)23-20(25)17-16-18(22)21(26)27-4-2/h18H,3-17,22H2,1-2H3,(H,23,24,25). The smallest absolute Gasteiger partial charge is 0.322 e. The molecular weight excluding hydrogens is 344 g/mol. The Kier molecular flexibility index (Phi) is 17.0. The van der Waals surface area contributed by atoms with E-state index in [0.29, 0.717) is 6.42 Å². The van der Waals surface area contributed by atoms with Gasteiger partial charge in [-0.15, -0.1) is 0 Å². The van der Waals surface area contributed by atoms with Crippen LogP contribution < -0.4 is 11.1 Å². The van der Waals surface area contributed by atoms with Crippen molar-refractivity contribution in [1.29, 1.82) is 0 Å². The van der Waals surface area contributed by atoms with Crippen LogP contribution in [0.4, 0.5) is 0 Å². The molecule has 6 nitrogen and oxygen atoms in total. The average molecular weight is 385 g/mol. The van der Waals surface area contributed by atoms with Gasteiger partial charge in [-0.3, -0.25) is 19.7 Å². The lowest BCUT2D eigenvalue weighted by molar-refractivity contribution is -0.144. The zero-order valence-corrected chi connectivity index (χ0v) is 17.4. The van der Waals surface area contributed by atoms with Crippen molar-refractivity contribution < 1.29 is 19.1 Å². The summed E-state index contributed by atoms with van der Waals surface area (Å²) >= 11 is 0. The van der Waals surface area contributed by atoms with Gasteiger partial charge in [0, 0.05) is 12.8 Å². The molecule has 0 aromatic rings. The summed E-state index contributed by atoms with van der Waals surface area (Å²) in [7, 11) is 0. The number of amides is 2. The Morgan fingerprint density at radius 2 is 1.26 bits per heavy atom. The van der Waals surface area contributed by atoms with E-state index in [1.807, 2.05) is 0 Å². The van der Waals surface area contributed by atoms with Gasteiger partial charge in [-0.2, -0.15) is 0 Å². The first-order chi connectivity index (χ1) is 13.0. The molecule has 0 aliphatic rings. The number of esters is 1. The number of hydrogen-bond acceptors (Lipinski definition) is 5. The lowest BCUT2D eigenvalue weighted by Crippen LogP contribution is -2.35. The van der Waals surface area contributed by atoms with Crippen LogP contribution in [0.3, 0.4) is 0 Å². The summed E-state index contributed by atoms with van der Waals surface area (Å²) in [5.41, 5.74) is 5.62. The maximum atomic E-state index is 11.7. The van der Waals surface area contributed by atoms with Crippen LogP contribution in [0, 0.1) is 0 Å². The molecule has 0 heterocycles. The van der Waals surface area contributed by atoms with Gasteiger partial charge in [0.05, 0.1) is 6.61 Å². The highest BCUT2D eigenvalue weighted by atomic mass is 16.5. The van der Waals surface area contributed by atoms with E-state index in [2.05, 4.69) is 12.2 Å². The van der Waals surface area contributed by atoms with Crippen LogP contribution in [0.25, 0.3) is 0 Å². The molecule has 0 radical (unpaired) electrons. The Labute approximate surface area is 165 Å². The van der Waals surface area contributed by atoms with Gasteiger partial charge in [0.15, 0.2) is 0 Å². The second-order valence-electron chi connectivity index (χ2n) is 7.15. The van der Waals surface area contributed by atoms with Gasteiger partial charge in [-0.05, 0) is 19.8 Å². The number of nitrogens with one attached hydrogen (secondary N) is 1. The predicted octanol–water partition coefficient (Wildman–Crippen LogP) is 4.00. The highest BCUT2D eigenvalue weighted by Crippen LogP contribution is 2.11. The van der Waals surface area contributed by atoms with Crippen molar-refractivity contribution in [3.05, 3.63) is 0 Å². The van der Waals surface area contributed by atoms with Gasteiger partial charge in [0.25, 0.3) is 0 Å². The van der Waals surface area contributed by atoms with Gasteiger partial charge in [-0.1, -0.05) is 71.1 Å². The fraction of sp³-hybridized carbons (Fsp3) is 0.857. The zero-order valence-electron chi connectivity index (χ0n) is 17.4. The molecule has 0 aromatic heterocycles. The molecule has 158 valence electrons. The average Bonchev–Trinajstić information content (AvgIpc) is 2.64. The minimum Gasteiger partial charge on any atom is -0.465 e. The molecule has 6 heteroatoms. The maximum absolute atomic E-state index is 11.7. The third kappa shape index (κ3) is 16.5. The van der Waals surface area contributed by atoms with Crippen molar-refractivity contribution in [3.8, 4) is 0 Å². The molecule has 0 saturated heterocycles. The number of unbranched alkanes of at least 4 members (excludes halogenated alkanes) is 10. The number of carbonyl (C=O) groups is 3. The molecule has 0 aromatic carbocycles. The number of ether oxygens (including phenoxy) is 1. The Morgan fingerprint density at radius 1 is 0.778 bits per heavy atom. The van der Waals surface area contributed by atoms with E-state index in [-0.39, 0.29) is 31.3 Å². The normalized spacial score (nSPS) is 11.8. The Morgan fingerprint density at radius 3 is 1.78 bits per heavy atom. The Bertz CT molecular complexity index is 413. The third-order valence-corrected chi connectivity index (χ3v) is 4.56. The van der Waals surface area contributed by atoms with Gasteiger partial charge in [0.1, 0.15) is 6.04 Å². The summed E-state index contributed by atoms with van der Waals surface area (Å²) in [6.07, 6.45) is 14.1. The van der Waals surface area contributed by atoms with E-state index in [4.69, 9.17) is 10.5 Å². The highest BCUT2D eigenvalue weighted by molar-refractivity contribution is 5.95. The number of imide groups is 1. The molecule has 0 rings (SSSR count). The topological polar surface area (TPSA) is 98.5 Å². The van der Waals surface area contributed by atoms with Crippen LogP contribution in [0.2, 0.25) is 0 Å². The minimum atomic E-state index is -0.822. The van der Waals surface area contributed by atoms with Gasteiger partial charge in [-0.25, -0.2) is 0 Å². The van der Waals surface area contributed by atoms with Crippen LogP contribution in [0.5, 0.6) is 0 Å². The first kappa shape index (κ1) is 25.6. The number of nitrogens with two attached hydrogens (primary N) is 1. The van der Waals surface area contributed by atoms with E-state index in [1.165, 1.54) is 51.4 Å². The first-order valence-electron chi connectivity index (χ1n) is 10.8. The second kappa shape index (κ2) is 18.0. The quantitative estimate of drug-likeness (QED) is 0.292. The molecule has 0 aliphatic carbocycles. The van der Waals surface area contributed by atoms with E-state index in [9.17, 15) is 14.4 Å². The second-order valence-corrected chi connectivity index (χ2v) is 7.15. The SMILES string of the molecule is CCCCCCCCCCCCCC(=O)NC(=O)CCC(N)C(=O)OCC. The molecule has 1 unspecified atom stereocenters. The van der Waals surface area contributed by atoms with E-state index >= 15 is 0 Å². The molecule has 0 spiro atoms. The van der Waals surface area contributed by atoms with Crippen molar-refractivity contribution in [2.45, 2.75) is 110 Å². The van der Waals surface area contributed by atoms with Crippen molar-refractivity contribution in [2.24, 2.45) is 5.73 Å². The lowest BCUT2D eigenvalue weighted by atomic mass is 10.1. The summed E-state index contributed by atoms with van der Waals surface area (Å²) in [6, 6.07) is -0.822. The van der Waals surface area contributed by atoms with Gasteiger partial charge in [0.2, 0.25) is 11.8 Å². The molecule has 2 amide bonds. The highest BCUT2D eigenvalue weighted by Gasteiger charge is 2.16. The van der Waals surface area contributed by atoms with Crippen molar-refractivity contribution in [3.63, 3.8) is 0 Å². The van der Waals surface area contributed by atoms with Crippen LogP contribution in [0.15, 0.2) is 0 Å². The third-order valence-electron chi connectivity index (χ3n) is 4.56. The van der Waals surface area contributed by atoms with Crippen LogP contribution in [0.1, 0.15) is 104 Å². The molecular formula is C21H40N2O4. The van der Waals surface area contributed by atoms with Crippen molar-refractivity contribution in [2.75, 3.05) is 6.61 Å². The van der Waals surface area contributed by atoms with Crippen molar-refractivity contribution in [1.82, 2.24) is 5.32 Å². The predicted molar refractivity (Wildman–Crippen MR) is 108 cm³/mol. The molecule has 0 aliphatic heterocycles. The van der Waals surface area contributed by atoms with Crippen LogP contribution in [-0.4, -0.2) is 30.4 Å². The largest absolute Gasteiger partial charge is 0.465 e. The first-order valence-corrected chi connectivity index (χ1v) is 10.8. The summed E-state index contributed by atoms with van der Waals surface area (Å²) in [6.45, 7) is 4.19. The van der Waals surface area contributed by atoms with Crippen LogP contribution >= 0.6 is 0 Å². The number of rotatable bonds is 17. The van der Waals surface area contributed by atoms with E-state index < -0.39 is 12.0 Å². The lowest BCUT2D eigenvalue weighted by Gasteiger charge is -2.10. The zero-order chi connectivity index (χ0) is 20.3. The van der Waals surface area contributed by atoms with E-state index in [0.717, 1.165) is 19.3 Å². The molecule has 3 N–H and O–H groups in total. The molecule has 0 fully saturated rings. The Balaban J connectivity index is 3.52. The summed E-state index contributed by atoms with van der Waals surface area (Å²) < 4.78 is 4.78. The van der Waals surface area contributed by atoms with Gasteiger partial charge >= 0.3 is 5.97 Å². The molecule has 0 saturated carbocycles. The molecule has 27 heavy (non-hydrogen) atoms.